The van der Waals surface area contributed by atoms with Crippen LogP contribution in [0.5, 0.6) is 0 Å². The van der Waals surface area contributed by atoms with Crippen LogP contribution in [0.1, 0.15) is 42.5 Å². The number of hydrogen-bond donors (Lipinski definition) is 0. The quantitative estimate of drug-likeness (QED) is 0.749. The van der Waals surface area contributed by atoms with Gasteiger partial charge in [0.05, 0.1) is 10.6 Å². The van der Waals surface area contributed by atoms with Crippen molar-refractivity contribution in [2.45, 2.75) is 38.1 Å². The van der Waals surface area contributed by atoms with Gasteiger partial charge < -0.3 is 4.90 Å². The Bertz CT molecular complexity index is 475. The first-order chi connectivity index (χ1) is 9.63. The molecule has 0 aliphatic heterocycles. The van der Waals surface area contributed by atoms with Crippen molar-refractivity contribution in [1.29, 1.82) is 0 Å². The van der Waals surface area contributed by atoms with Gasteiger partial charge in [-0.2, -0.15) is 0 Å². The zero-order valence-electron chi connectivity index (χ0n) is 11.2. The van der Waals surface area contributed by atoms with E-state index in [1.807, 2.05) is 0 Å². The van der Waals surface area contributed by atoms with Crippen molar-refractivity contribution in [2.24, 2.45) is 0 Å². The van der Waals surface area contributed by atoms with E-state index in [9.17, 15) is 9.18 Å². The lowest BCUT2D eigenvalue weighted by atomic mass is 9.93. The third kappa shape index (κ3) is 3.64. The molecule has 0 radical (unpaired) electrons. The summed E-state index contributed by atoms with van der Waals surface area (Å²) in [4.78, 5) is 14.4. The molecule has 0 saturated heterocycles. The number of nitrogens with zero attached hydrogens (tertiary/aromatic N) is 1. The zero-order valence-corrected chi connectivity index (χ0v) is 12.8. The van der Waals surface area contributed by atoms with Crippen LogP contribution in [-0.4, -0.2) is 29.3 Å². The number of benzene rings is 1. The highest BCUT2D eigenvalue weighted by Crippen LogP contribution is 2.26. The molecule has 2 rings (SSSR count). The van der Waals surface area contributed by atoms with Crippen LogP contribution < -0.4 is 0 Å². The van der Waals surface area contributed by atoms with Gasteiger partial charge in [-0.1, -0.05) is 30.9 Å². The maximum Gasteiger partial charge on any atom is 0.255 e. The number of carbonyl (C=O) groups is 1. The van der Waals surface area contributed by atoms with Gasteiger partial charge in [0, 0.05) is 18.5 Å². The lowest BCUT2D eigenvalue weighted by Gasteiger charge is -2.34. The molecule has 0 N–H and O–H groups in total. The van der Waals surface area contributed by atoms with Crippen LogP contribution in [0.4, 0.5) is 4.39 Å². The van der Waals surface area contributed by atoms with E-state index < -0.39 is 5.82 Å². The van der Waals surface area contributed by atoms with Crippen LogP contribution in [0, 0.1) is 5.82 Å². The number of alkyl halides is 1. The lowest BCUT2D eigenvalue weighted by molar-refractivity contribution is 0.0650. The molecule has 1 aromatic rings. The third-order valence-corrected chi connectivity index (χ3v) is 4.25. The van der Waals surface area contributed by atoms with Gasteiger partial charge in [-0.25, -0.2) is 4.39 Å². The number of rotatable bonds is 4. The smallest absolute Gasteiger partial charge is 0.255 e. The van der Waals surface area contributed by atoms with Gasteiger partial charge in [-0.05, 0) is 31.0 Å². The molecule has 0 unspecified atom stereocenters. The summed E-state index contributed by atoms with van der Waals surface area (Å²) in [5.41, 5.74) is 0.351. The molecule has 1 fully saturated rings. The molecular weight excluding hydrogens is 300 g/mol. The summed E-state index contributed by atoms with van der Waals surface area (Å²) in [6.45, 7) is 0.499. The van der Waals surface area contributed by atoms with E-state index in [1.165, 1.54) is 24.6 Å². The van der Waals surface area contributed by atoms with Crippen LogP contribution in [-0.2, 0) is 0 Å². The minimum atomic E-state index is -0.437. The molecule has 20 heavy (non-hydrogen) atoms. The standard InChI is InChI=1S/C15H18Cl2FNO/c16-8-9-19(12-4-2-1-3-5-12)15(20)13-7-6-11(18)10-14(13)17/h6-7,10,12H,1-5,8-9H2. The summed E-state index contributed by atoms with van der Waals surface area (Å²) < 4.78 is 13.1. The monoisotopic (exact) mass is 317 g/mol. The molecule has 1 amide bonds. The Morgan fingerprint density at radius 1 is 1.30 bits per heavy atom. The third-order valence-electron chi connectivity index (χ3n) is 3.76. The fraction of sp³-hybridized carbons (Fsp3) is 0.533. The summed E-state index contributed by atoms with van der Waals surface area (Å²) >= 11 is 11.8. The molecule has 0 aromatic heterocycles. The Balaban J connectivity index is 2.21. The van der Waals surface area contributed by atoms with Crippen LogP contribution >= 0.6 is 23.2 Å². The molecule has 1 saturated carbocycles. The maximum atomic E-state index is 13.1. The molecule has 110 valence electrons. The average Bonchev–Trinajstić information content (AvgIpc) is 2.45. The molecule has 1 aliphatic carbocycles. The Kier molecular flexibility index (Phi) is 5.67. The van der Waals surface area contributed by atoms with E-state index in [4.69, 9.17) is 23.2 Å². The number of hydrogen-bond acceptors (Lipinski definition) is 1. The summed E-state index contributed by atoms with van der Waals surface area (Å²) in [6.07, 6.45) is 5.49. The molecule has 5 heteroatoms. The zero-order chi connectivity index (χ0) is 14.5. The van der Waals surface area contributed by atoms with Gasteiger partial charge in [0.2, 0.25) is 0 Å². The Hall–Kier alpha value is -0.800. The van der Waals surface area contributed by atoms with Gasteiger partial charge in [-0.3, -0.25) is 4.79 Å². The maximum absolute atomic E-state index is 13.1. The topological polar surface area (TPSA) is 20.3 Å². The average molecular weight is 318 g/mol. The lowest BCUT2D eigenvalue weighted by Crippen LogP contribution is -2.42. The summed E-state index contributed by atoms with van der Waals surface area (Å²) in [6, 6.07) is 4.10. The number of carbonyl (C=O) groups excluding carboxylic acids is 1. The second kappa shape index (κ2) is 7.28. The molecule has 0 heterocycles. The van der Waals surface area contributed by atoms with E-state index >= 15 is 0 Å². The van der Waals surface area contributed by atoms with Crippen LogP contribution in [0.25, 0.3) is 0 Å². The van der Waals surface area contributed by atoms with Crippen molar-refractivity contribution in [3.8, 4) is 0 Å². The fourth-order valence-corrected chi connectivity index (χ4v) is 3.18. The summed E-state index contributed by atoms with van der Waals surface area (Å²) in [5.74, 6) is -0.197. The van der Waals surface area contributed by atoms with E-state index in [1.54, 1.807) is 4.90 Å². The predicted molar refractivity (Wildman–Crippen MR) is 80.0 cm³/mol. The van der Waals surface area contributed by atoms with Crippen LogP contribution in [0.2, 0.25) is 5.02 Å². The highest BCUT2D eigenvalue weighted by atomic mass is 35.5. The van der Waals surface area contributed by atoms with E-state index in [-0.39, 0.29) is 17.0 Å². The second-order valence-corrected chi connectivity index (χ2v) is 5.89. The van der Waals surface area contributed by atoms with Crippen molar-refractivity contribution in [1.82, 2.24) is 4.90 Å². The van der Waals surface area contributed by atoms with E-state index in [0.717, 1.165) is 25.7 Å². The van der Waals surface area contributed by atoms with Crippen molar-refractivity contribution in [3.63, 3.8) is 0 Å². The largest absolute Gasteiger partial charge is 0.334 e. The minimum absolute atomic E-state index is 0.150. The SMILES string of the molecule is O=C(c1ccc(F)cc1Cl)N(CCCl)C1CCCCC1. The first-order valence-electron chi connectivity index (χ1n) is 6.95. The van der Waals surface area contributed by atoms with E-state index in [0.29, 0.717) is 18.0 Å². The summed E-state index contributed by atoms with van der Waals surface area (Å²) in [7, 11) is 0. The van der Waals surface area contributed by atoms with Gasteiger partial charge in [0.25, 0.3) is 5.91 Å². The molecular formula is C15H18Cl2FNO. The first-order valence-corrected chi connectivity index (χ1v) is 7.86. The Morgan fingerprint density at radius 3 is 2.60 bits per heavy atom. The summed E-state index contributed by atoms with van der Waals surface area (Å²) in [5, 5.41) is 0.158. The van der Waals surface area contributed by atoms with Gasteiger partial charge >= 0.3 is 0 Å². The van der Waals surface area contributed by atoms with Crippen molar-refractivity contribution >= 4 is 29.1 Å². The number of halogens is 3. The normalized spacial score (nSPS) is 16.1. The molecule has 2 nitrogen and oxygen atoms in total. The van der Waals surface area contributed by atoms with Crippen molar-refractivity contribution < 1.29 is 9.18 Å². The predicted octanol–water partition coefficient (Wildman–Crippen LogP) is 4.49. The molecule has 0 spiro atoms. The van der Waals surface area contributed by atoms with Crippen LogP contribution in [0.15, 0.2) is 18.2 Å². The van der Waals surface area contributed by atoms with Gasteiger partial charge in [0.1, 0.15) is 5.82 Å². The molecule has 0 bridgehead atoms. The minimum Gasteiger partial charge on any atom is -0.334 e. The number of amides is 1. The fourth-order valence-electron chi connectivity index (χ4n) is 2.75. The molecule has 1 aromatic carbocycles. The first kappa shape index (κ1) is 15.6. The molecule has 1 aliphatic rings. The van der Waals surface area contributed by atoms with Crippen LogP contribution in [0.3, 0.4) is 0 Å². The van der Waals surface area contributed by atoms with Gasteiger partial charge in [-0.15, -0.1) is 11.6 Å². The Morgan fingerprint density at radius 2 is 2.00 bits per heavy atom. The second-order valence-electron chi connectivity index (χ2n) is 5.10. The highest BCUT2D eigenvalue weighted by Gasteiger charge is 2.27. The van der Waals surface area contributed by atoms with Crippen molar-refractivity contribution in [2.75, 3.05) is 12.4 Å². The van der Waals surface area contributed by atoms with E-state index in [2.05, 4.69) is 0 Å². The highest BCUT2D eigenvalue weighted by molar-refractivity contribution is 6.33. The Labute approximate surface area is 128 Å². The van der Waals surface area contributed by atoms with Gasteiger partial charge in [0.15, 0.2) is 0 Å². The molecule has 0 atom stereocenters. The van der Waals surface area contributed by atoms with Crippen molar-refractivity contribution in [3.05, 3.63) is 34.6 Å².